The minimum atomic E-state index is -3.74. The highest BCUT2D eigenvalue weighted by molar-refractivity contribution is 7.91. The van der Waals surface area contributed by atoms with Gasteiger partial charge in [-0.3, -0.25) is 0 Å². The fourth-order valence-corrected chi connectivity index (χ4v) is 5.62. The Morgan fingerprint density at radius 1 is 1.00 bits per heavy atom. The van der Waals surface area contributed by atoms with Gasteiger partial charge in [-0.25, -0.2) is 12.8 Å². The third-order valence-electron chi connectivity index (χ3n) is 5.67. The normalized spacial score (nSPS) is 28.0. The molecule has 2 N–H and O–H groups in total. The van der Waals surface area contributed by atoms with Crippen LogP contribution in [0.5, 0.6) is 0 Å². The predicted molar refractivity (Wildman–Crippen MR) is 99.6 cm³/mol. The lowest BCUT2D eigenvalue weighted by atomic mass is 9.81. The molecule has 2 aliphatic heterocycles. The van der Waals surface area contributed by atoms with Crippen molar-refractivity contribution in [2.24, 2.45) is 11.8 Å². The Balaban J connectivity index is 1.78. The van der Waals surface area contributed by atoms with E-state index in [0.29, 0.717) is 17.9 Å². The molecule has 0 amide bonds. The molecule has 0 spiro atoms. The van der Waals surface area contributed by atoms with E-state index in [1.54, 1.807) is 12.1 Å². The topological polar surface area (TPSA) is 58.2 Å². The summed E-state index contributed by atoms with van der Waals surface area (Å²) < 4.78 is 39.4. The van der Waals surface area contributed by atoms with E-state index in [1.165, 1.54) is 18.2 Å². The molecule has 0 radical (unpaired) electrons. The molecule has 0 saturated carbocycles. The number of halogens is 1. The van der Waals surface area contributed by atoms with Gasteiger partial charge in [-0.05, 0) is 66.9 Å². The SMILES string of the molecule is CC1CNCC(C)[C@@H]2c3cc(S(=O)(=O)c4cccc(F)c4)ccc3N[C@H]12. The average Bonchev–Trinajstić information content (AvgIpc) is 2.94. The van der Waals surface area contributed by atoms with Gasteiger partial charge in [0.15, 0.2) is 0 Å². The maximum absolute atomic E-state index is 13.5. The van der Waals surface area contributed by atoms with Gasteiger partial charge in [0.2, 0.25) is 9.84 Å². The average molecular weight is 374 g/mol. The molecule has 138 valence electrons. The molecular formula is C20H23FN2O2S. The molecule has 0 aromatic heterocycles. The summed E-state index contributed by atoms with van der Waals surface area (Å²) in [5.41, 5.74) is 2.06. The molecule has 2 aromatic rings. The van der Waals surface area contributed by atoms with Gasteiger partial charge < -0.3 is 10.6 Å². The predicted octanol–water partition coefficient (Wildman–Crippen LogP) is 3.41. The number of fused-ring (bicyclic) bond motifs is 3. The first-order valence-electron chi connectivity index (χ1n) is 9.00. The van der Waals surface area contributed by atoms with Crippen molar-refractivity contribution >= 4 is 15.5 Å². The molecule has 4 nitrogen and oxygen atoms in total. The second kappa shape index (κ2) is 6.35. The van der Waals surface area contributed by atoms with Crippen LogP contribution in [0.2, 0.25) is 0 Å². The van der Waals surface area contributed by atoms with Crippen molar-refractivity contribution in [1.29, 1.82) is 0 Å². The van der Waals surface area contributed by atoms with Crippen LogP contribution in [0.15, 0.2) is 52.3 Å². The second-order valence-electron chi connectivity index (χ2n) is 7.52. The van der Waals surface area contributed by atoms with Crippen molar-refractivity contribution in [2.75, 3.05) is 18.4 Å². The van der Waals surface area contributed by atoms with Crippen LogP contribution in [-0.2, 0) is 9.84 Å². The van der Waals surface area contributed by atoms with Gasteiger partial charge in [0.25, 0.3) is 0 Å². The first-order valence-corrected chi connectivity index (χ1v) is 10.5. The fraction of sp³-hybridized carbons (Fsp3) is 0.400. The molecule has 4 atom stereocenters. The van der Waals surface area contributed by atoms with E-state index in [0.717, 1.165) is 30.4 Å². The van der Waals surface area contributed by atoms with E-state index < -0.39 is 15.7 Å². The minimum absolute atomic E-state index is 0.0103. The Labute approximate surface area is 153 Å². The molecule has 2 aliphatic rings. The maximum atomic E-state index is 13.5. The Kier molecular flexibility index (Phi) is 4.28. The Morgan fingerprint density at radius 2 is 1.73 bits per heavy atom. The number of nitrogens with one attached hydrogen (secondary N) is 2. The largest absolute Gasteiger partial charge is 0.381 e. The minimum Gasteiger partial charge on any atom is -0.381 e. The van der Waals surface area contributed by atoms with Crippen molar-refractivity contribution in [3.8, 4) is 0 Å². The Bertz CT molecular complexity index is 945. The molecule has 1 fully saturated rings. The van der Waals surface area contributed by atoms with Crippen LogP contribution >= 0.6 is 0 Å². The van der Waals surface area contributed by atoms with Crippen molar-refractivity contribution < 1.29 is 12.8 Å². The van der Waals surface area contributed by atoms with Gasteiger partial charge in [0.1, 0.15) is 5.82 Å². The van der Waals surface area contributed by atoms with Crippen molar-refractivity contribution in [1.82, 2.24) is 5.32 Å². The van der Waals surface area contributed by atoms with E-state index >= 15 is 0 Å². The van der Waals surface area contributed by atoms with Crippen molar-refractivity contribution in [3.63, 3.8) is 0 Å². The molecular weight excluding hydrogens is 351 g/mol. The van der Waals surface area contributed by atoms with Crippen LogP contribution < -0.4 is 10.6 Å². The summed E-state index contributed by atoms with van der Waals surface area (Å²) in [6.45, 7) is 6.27. The number of hydrogen-bond acceptors (Lipinski definition) is 4. The number of sulfone groups is 1. The highest BCUT2D eigenvalue weighted by atomic mass is 32.2. The lowest BCUT2D eigenvalue weighted by Gasteiger charge is -2.26. The summed E-state index contributed by atoms with van der Waals surface area (Å²) in [6, 6.07) is 10.7. The summed E-state index contributed by atoms with van der Waals surface area (Å²) in [6.07, 6.45) is 0. The lowest BCUT2D eigenvalue weighted by Crippen LogP contribution is -2.32. The first kappa shape index (κ1) is 17.5. The molecule has 1 saturated heterocycles. The van der Waals surface area contributed by atoms with Crippen LogP contribution in [0.25, 0.3) is 0 Å². The van der Waals surface area contributed by atoms with Crippen molar-refractivity contribution in [3.05, 3.63) is 53.8 Å². The fourth-order valence-electron chi connectivity index (χ4n) is 4.30. The summed E-state index contributed by atoms with van der Waals surface area (Å²) in [5.74, 6) is 0.551. The van der Waals surface area contributed by atoms with Crippen LogP contribution in [0.4, 0.5) is 10.1 Å². The molecule has 4 rings (SSSR count). The van der Waals surface area contributed by atoms with E-state index in [1.807, 2.05) is 6.07 Å². The Morgan fingerprint density at radius 3 is 2.50 bits per heavy atom. The van der Waals surface area contributed by atoms with Gasteiger partial charge in [0.05, 0.1) is 9.79 Å². The molecule has 0 aliphatic carbocycles. The van der Waals surface area contributed by atoms with E-state index in [9.17, 15) is 12.8 Å². The number of hydrogen-bond donors (Lipinski definition) is 2. The number of rotatable bonds is 2. The number of anilines is 1. The smallest absolute Gasteiger partial charge is 0.206 e. The summed E-state index contributed by atoms with van der Waals surface area (Å²) in [5, 5.41) is 7.07. The zero-order chi connectivity index (χ0) is 18.5. The van der Waals surface area contributed by atoms with Crippen LogP contribution in [0.1, 0.15) is 25.3 Å². The quantitative estimate of drug-likeness (QED) is 0.846. The van der Waals surface area contributed by atoms with Crippen LogP contribution in [-0.4, -0.2) is 27.5 Å². The molecule has 26 heavy (non-hydrogen) atoms. The third-order valence-corrected chi connectivity index (χ3v) is 7.42. The monoisotopic (exact) mass is 374 g/mol. The zero-order valence-corrected chi connectivity index (χ0v) is 15.7. The lowest BCUT2D eigenvalue weighted by molar-refractivity contribution is 0.402. The van der Waals surface area contributed by atoms with Crippen LogP contribution in [0.3, 0.4) is 0 Å². The van der Waals surface area contributed by atoms with E-state index in [-0.39, 0.29) is 15.7 Å². The Hall–Kier alpha value is -1.92. The van der Waals surface area contributed by atoms with Gasteiger partial charge in [-0.2, -0.15) is 0 Å². The van der Waals surface area contributed by atoms with Gasteiger partial charge in [-0.15, -0.1) is 0 Å². The standard InChI is InChI=1S/C20H23FN2O2S/c1-12-10-22-11-13(2)20-19(12)17-9-16(6-7-18(17)23-20)26(24,25)15-5-3-4-14(21)8-15/h3-9,12-13,19-20,22-23H,10-11H2,1-2H3/t12?,13?,19-,20-/m1/s1. The molecule has 2 heterocycles. The van der Waals surface area contributed by atoms with Gasteiger partial charge >= 0.3 is 0 Å². The van der Waals surface area contributed by atoms with Crippen molar-refractivity contribution in [2.45, 2.75) is 35.6 Å². The third kappa shape index (κ3) is 2.81. The van der Waals surface area contributed by atoms with Gasteiger partial charge in [0, 0.05) is 17.6 Å². The maximum Gasteiger partial charge on any atom is 0.206 e. The van der Waals surface area contributed by atoms with Gasteiger partial charge in [-0.1, -0.05) is 19.9 Å². The van der Waals surface area contributed by atoms with E-state index in [4.69, 9.17) is 0 Å². The van der Waals surface area contributed by atoms with Crippen LogP contribution in [0, 0.1) is 17.7 Å². The summed E-state index contributed by atoms with van der Waals surface area (Å²) >= 11 is 0. The highest BCUT2D eigenvalue weighted by Crippen LogP contribution is 2.45. The number of benzene rings is 2. The molecule has 2 unspecified atom stereocenters. The first-order chi connectivity index (χ1) is 12.4. The highest BCUT2D eigenvalue weighted by Gasteiger charge is 2.40. The molecule has 6 heteroatoms. The zero-order valence-electron chi connectivity index (χ0n) is 14.9. The summed E-state index contributed by atoms with van der Waals surface area (Å²) in [7, 11) is -3.74. The molecule has 2 aromatic carbocycles. The van der Waals surface area contributed by atoms with E-state index in [2.05, 4.69) is 24.5 Å². The second-order valence-corrected chi connectivity index (χ2v) is 9.47. The molecule has 0 bridgehead atoms. The summed E-state index contributed by atoms with van der Waals surface area (Å²) in [4.78, 5) is 0.213.